The van der Waals surface area contributed by atoms with E-state index >= 15 is 0 Å². The lowest BCUT2D eigenvalue weighted by molar-refractivity contribution is 0.0591. The van der Waals surface area contributed by atoms with E-state index in [0.717, 1.165) is 11.3 Å². The normalized spacial score (nSPS) is 10.2. The molecule has 2 rings (SSSR count). The van der Waals surface area contributed by atoms with Crippen molar-refractivity contribution < 1.29 is 9.53 Å². The van der Waals surface area contributed by atoms with Crippen molar-refractivity contribution >= 4 is 5.97 Å². The number of ether oxygens (including phenoxy) is 1. The quantitative estimate of drug-likeness (QED) is 0.817. The van der Waals surface area contributed by atoms with Gasteiger partial charge in [-0.05, 0) is 29.8 Å². The molecular weight excluding hydrogens is 216 g/mol. The molecule has 0 unspecified atom stereocenters. The molecule has 2 aromatic rings. The summed E-state index contributed by atoms with van der Waals surface area (Å²) in [7, 11) is 1.37. The van der Waals surface area contributed by atoms with Gasteiger partial charge in [-0.3, -0.25) is 0 Å². The first-order valence-electron chi connectivity index (χ1n) is 5.31. The van der Waals surface area contributed by atoms with Crippen molar-refractivity contribution in [3.05, 3.63) is 53.9 Å². The molecule has 0 bridgehead atoms. The molecule has 0 aliphatic rings. The lowest BCUT2D eigenvalue weighted by Crippen LogP contribution is -2.08. The number of hydrogen-bond donors (Lipinski definition) is 1. The fourth-order valence-electron chi connectivity index (χ4n) is 1.67. The van der Waals surface area contributed by atoms with Crippen LogP contribution in [-0.4, -0.2) is 17.6 Å². The fraction of sp³-hybridized carbons (Fsp3) is 0.154. The first-order chi connectivity index (χ1) is 8.26. The summed E-state index contributed by atoms with van der Waals surface area (Å²) in [4.78, 5) is 11.5. The van der Waals surface area contributed by atoms with Gasteiger partial charge in [0.15, 0.2) is 0 Å². The molecule has 0 amide bonds. The van der Waals surface area contributed by atoms with Crippen LogP contribution < -0.4 is 5.73 Å². The van der Waals surface area contributed by atoms with Crippen LogP contribution in [0.4, 0.5) is 0 Å². The van der Waals surface area contributed by atoms with Gasteiger partial charge in [-0.2, -0.15) is 0 Å². The van der Waals surface area contributed by atoms with Crippen molar-refractivity contribution in [3.8, 4) is 5.69 Å². The van der Waals surface area contributed by atoms with Gasteiger partial charge in [0.2, 0.25) is 0 Å². The number of rotatable bonds is 3. The van der Waals surface area contributed by atoms with E-state index in [0.29, 0.717) is 12.2 Å². The Bertz CT molecular complexity index is 514. The Hall–Kier alpha value is -2.07. The van der Waals surface area contributed by atoms with Crippen LogP contribution in [0.2, 0.25) is 0 Å². The Morgan fingerprint density at radius 3 is 2.59 bits per heavy atom. The molecule has 0 spiro atoms. The minimum atomic E-state index is -0.349. The molecular formula is C13H14N2O2. The van der Waals surface area contributed by atoms with Crippen molar-refractivity contribution in [1.82, 2.24) is 4.57 Å². The van der Waals surface area contributed by atoms with E-state index in [2.05, 4.69) is 0 Å². The van der Waals surface area contributed by atoms with Crippen LogP contribution in [0.15, 0.2) is 42.6 Å². The van der Waals surface area contributed by atoms with Crippen LogP contribution in [0.5, 0.6) is 0 Å². The van der Waals surface area contributed by atoms with Gasteiger partial charge in [-0.1, -0.05) is 12.1 Å². The van der Waals surface area contributed by atoms with Crippen molar-refractivity contribution in [2.45, 2.75) is 6.54 Å². The standard InChI is InChI=1S/C13H14N2O2/c1-17-13(16)12-3-2-8-15(12)11-6-4-10(9-14)5-7-11/h2-8H,9,14H2,1H3. The number of esters is 1. The number of nitrogens with two attached hydrogens (primary N) is 1. The molecule has 0 aliphatic heterocycles. The summed E-state index contributed by atoms with van der Waals surface area (Å²) in [5.74, 6) is -0.349. The second-order valence-electron chi connectivity index (χ2n) is 3.63. The lowest BCUT2D eigenvalue weighted by Gasteiger charge is -2.08. The molecule has 88 valence electrons. The van der Waals surface area contributed by atoms with E-state index in [1.165, 1.54) is 7.11 Å². The molecule has 4 nitrogen and oxygen atoms in total. The SMILES string of the molecule is COC(=O)c1cccn1-c1ccc(CN)cc1. The Morgan fingerprint density at radius 1 is 1.29 bits per heavy atom. The first-order valence-corrected chi connectivity index (χ1v) is 5.31. The van der Waals surface area contributed by atoms with E-state index in [9.17, 15) is 4.79 Å². The van der Waals surface area contributed by atoms with Crippen LogP contribution in [-0.2, 0) is 11.3 Å². The monoisotopic (exact) mass is 230 g/mol. The van der Waals surface area contributed by atoms with Crippen molar-refractivity contribution in [2.75, 3.05) is 7.11 Å². The first kappa shape index (κ1) is 11.4. The third-order valence-electron chi connectivity index (χ3n) is 2.59. The summed E-state index contributed by atoms with van der Waals surface area (Å²) >= 11 is 0. The molecule has 0 atom stereocenters. The van der Waals surface area contributed by atoms with Gasteiger partial charge < -0.3 is 15.0 Å². The van der Waals surface area contributed by atoms with Crippen LogP contribution in [0.3, 0.4) is 0 Å². The van der Waals surface area contributed by atoms with Crippen LogP contribution in [0, 0.1) is 0 Å². The molecule has 0 radical (unpaired) electrons. The predicted molar refractivity (Wildman–Crippen MR) is 65.0 cm³/mol. The summed E-state index contributed by atoms with van der Waals surface area (Å²) in [6.45, 7) is 0.510. The zero-order chi connectivity index (χ0) is 12.3. The highest BCUT2D eigenvalue weighted by Gasteiger charge is 2.11. The van der Waals surface area contributed by atoms with Gasteiger partial charge in [0.05, 0.1) is 7.11 Å². The fourth-order valence-corrected chi connectivity index (χ4v) is 1.67. The maximum Gasteiger partial charge on any atom is 0.355 e. The molecule has 0 fully saturated rings. The Labute approximate surface area is 99.6 Å². The van der Waals surface area contributed by atoms with Gasteiger partial charge in [-0.15, -0.1) is 0 Å². The Kier molecular flexibility index (Phi) is 3.25. The van der Waals surface area contributed by atoms with Gasteiger partial charge in [0.25, 0.3) is 0 Å². The minimum Gasteiger partial charge on any atom is -0.464 e. The van der Waals surface area contributed by atoms with Gasteiger partial charge in [0.1, 0.15) is 5.69 Å². The number of benzene rings is 1. The van der Waals surface area contributed by atoms with E-state index in [1.54, 1.807) is 10.6 Å². The Morgan fingerprint density at radius 2 is 2.00 bits per heavy atom. The zero-order valence-electron chi connectivity index (χ0n) is 9.59. The topological polar surface area (TPSA) is 57.2 Å². The summed E-state index contributed by atoms with van der Waals surface area (Å²) in [6, 6.07) is 11.3. The van der Waals surface area contributed by atoms with Crippen LogP contribution in [0.1, 0.15) is 16.1 Å². The van der Waals surface area contributed by atoms with Crippen molar-refractivity contribution in [2.24, 2.45) is 5.73 Å². The van der Waals surface area contributed by atoms with Crippen molar-refractivity contribution in [3.63, 3.8) is 0 Å². The van der Waals surface area contributed by atoms with E-state index in [1.807, 2.05) is 36.5 Å². The van der Waals surface area contributed by atoms with E-state index in [4.69, 9.17) is 10.5 Å². The van der Waals surface area contributed by atoms with Crippen LogP contribution in [0.25, 0.3) is 5.69 Å². The van der Waals surface area contributed by atoms with Crippen LogP contribution >= 0.6 is 0 Å². The maximum absolute atomic E-state index is 11.5. The molecule has 0 saturated carbocycles. The van der Waals surface area contributed by atoms with Gasteiger partial charge in [-0.25, -0.2) is 4.79 Å². The summed E-state index contributed by atoms with van der Waals surface area (Å²) < 4.78 is 6.51. The third-order valence-corrected chi connectivity index (χ3v) is 2.59. The molecule has 2 N–H and O–H groups in total. The summed E-state index contributed by atoms with van der Waals surface area (Å²) in [6.07, 6.45) is 1.82. The number of aromatic nitrogens is 1. The summed E-state index contributed by atoms with van der Waals surface area (Å²) in [5, 5.41) is 0. The minimum absolute atomic E-state index is 0.349. The molecule has 0 aliphatic carbocycles. The highest BCUT2D eigenvalue weighted by molar-refractivity contribution is 5.88. The molecule has 4 heteroatoms. The van der Waals surface area contributed by atoms with Gasteiger partial charge in [0, 0.05) is 18.4 Å². The predicted octanol–water partition coefficient (Wildman–Crippen LogP) is 1.72. The zero-order valence-corrected chi connectivity index (χ0v) is 9.59. The lowest BCUT2D eigenvalue weighted by atomic mass is 10.2. The second-order valence-corrected chi connectivity index (χ2v) is 3.63. The molecule has 1 heterocycles. The number of nitrogens with zero attached hydrogens (tertiary/aromatic N) is 1. The number of carbonyl (C=O) groups is 1. The number of carbonyl (C=O) groups excluding carboxylic acids is 1. The third kappa shape index (κ3) is 2.21. The average molecular weight is 230 g/mol. The molecule has 1 aromatic heterocycles. The second kappa shape index (κ2) is 4.84. The van der Waals surface area contributed by atoms with E-state index < -0.39 is 0 Å². The van der Waals surface area contributed by atoms with E-state index in [-0.39, 0.29) is 5.97 Å². The molecule has 0 saturated heterocycles. The van der Waals surface area contributed by atoms with Crippen molar-refractivity contribution in [1.29, 1.82) is 0 Å². The maximum atomic E-state index is 11.5. The Balaban J connectivity index is 2.39. The number of hydrogen-bond acceptors (Lipinski definition) is 3. The smallest absolute Gasteiger partial charge is 0.355 e. The summed E-state index contributed by atoms with van der Waals surface area (Å²) in [5.41, 5.74) is 8.01. The molecule has 17 heavy (non-hydrogen) atoms. The van der Waals surface area contributed by atoms with Gasteiger partial charge >= 0.3 is 5.97 Å². The average Bonchev–Trinajstić information content (AvgIpc) is 2.87. The highest BCUT2D eigenvalue weighted by atomic mass is 16.5. The number of methoxy groups -OCH3 is 1. The highest BCUT2D eigenvalue weighted by Crippen LogP contribution is 2.14. The molecule has 1 aromatic carbocycles. The largest absolute Gasteiger partial charge is 0.464 e.